The van der Waals surface area contributed by atoms with Gasteiger partial charge in [0.2, 0.25) is 0 Å². The molecule has 2 nitrogen and oxygen atoms in total. The first kappa shape index (κ1) is 22.9. The number of hydrogen-bond acceptors (Lipinski definition) is 2. The molecule has 0 unspecified atom stereocenters. The largest absolute Gasteiger partial charge is 0.454 e. The van der Waals surface area contributed by atoms with Crippen molar-refractivity contribution in [2.45, 2.75) is 34.6 Å². The smallest absolute Gasteiger partial charge is 0.195 e. The maximum Gasteiger partial charge on any atom is 0.195 e. The quantitative estimate of drug-likeness (QED) is 0.164. The third-order valence-corrected chi connectivity index (χ3v) is 6.06. The SMILES string of the molecule is CC.CC.Cc1ccccc1-c1c2ccc(=O)c(I)c-2oc2c(I)cccc12. The molecule has 28 heavy (non-hydrogen) atoms. The molecule has 0 amide bonds. The van der Waals surface area contributed by atoms with Gasteiger partial charge in [-0.05, 0) is 81.4 Å². The Kier molecular flexibility index (Phi) is 8.49. The Labute approximate surface area is 194 Å². The van der Waals surface area contributed by atoms with Crippen molar-refractivity contribution in [1.29, 1.82) is 0 Å². The molecule has 0 atom stereocenters. The molecule has 0 aromatic heterocycles. The van der Waals surface area contributed by atoms with Crippen molar-refractivity contribution >= 4 is 56.2 Å². The predicted octanol–water partition coefficient (Wildman–Crippen LogP) is 8.13. The molecular weight excluding hydrogens is 574 g/mol. The minimum atomic E-state index is -0.00660. The Morgan fingerprint density at radius 1 is 0.786 bits per heavy atom. The Hall–Kier alpha value is -1.41. The van der Waals surface area contributed by atoms with Gasteiger partial charge in [0.1, 0.15) is 9.15 Å². The Balaban J connectivity index is 0.000000660. The molecule has 146 valence electrons. The van der Waals surface area contributed by atoms with Crippen LogP contribution >= 0.6 is 45.2 Å². The molecule has 1 aliphatic heterocycles. The van der Waals surface area contributed by atoms with Gasteiger partial charge < -0.3 is 4.42 Å². The van der Waals surface area contributed by atoms with Gasteiger partial charge in [0.25, 0.3) is 0 Å². The summed E-state index contributed by atoms with van der Waals surface area (Å²) in [6.45, 7) is 10.1. The highest BCUT2D eigenvalue weighted by Gasteiger charge is 2.22. The standard InChI is InChI=1S/C20H12I2O2.2C2H6/c1-11-5-2-3-6-12(11)17-13-7-4-8-15(21)19(13)24-20-14(17)9-10-16(23)18(20)22;2*1-2/h2-10H,1H3;2*1-2H3. The zero-order valence-corrected chi connectivity index (χ0v) is 21.1. The van der Waals surface area contributed by atoms with Gasteiger partial charge in [0.15, 0.2) is 11.2 Å². The van der Waals surface area contributed by atoms with Crippen LogP contribution in [0, 0.1) is 14.1 Å². The highest BCUT2D eigenvalue weighted by molar-refractivity contribution is 14.1. The first-order valence-corrected chi connectivity index (χ1v) is 11.6. The molecule has 1 aliphatic carbocycles. The molecule has 4 heteroatoms. The molecule has 0 bridgehead atoms. The molecule has 1 heterocycles. The lowest BCUT2D eigenvalue weighted by molar-refractivity contribution is 0.613. The lowest BCUT2D eigenvalue weighted by Crippen LogP contribution is -2.07. The second-order valence-electron chi connectivity index (χ2n) is 5.66. The van der Waals surface area contributed by atoms with E-state index in [9.17, 15) is 4.79 Å². The number of halogens is 2. The predicted molar refractivity (Wildman–Crippen MR) is 137 cm³/mol. The molecule has 2 aromatic rings. The summed E-state index contributed by atoms with van der Waals surface area (Å²) < 4.78 is 7.84. The molecule has 0 radical (unpaired) electrons. The Morgan fingerprint density at radius 3 is 2.14 bits per heavy atom. The lowest BCUT2D eigenvalue weighted by Gasteiger charge is -2.18. The van der Waals surface area contributed by atoms with Gasteiger partial charge in [-0.2, -0.15) is 0 Å². The van der Waals surface area contributed by atoms with E-state index >= 15 is 0 Å². The summed E-state index contributed by atoms with van der Waals surface area (Å²) in [5, 5.41) is 1.07. The van der Waals surface area contributed by atoms with Crippen LogP contribution in [0.15, 0.2) is 63.8 Å². The van der Waals surface area contributed by atoms with Crippen LogP contribution in [0.25, 0.3) is 33.4 Å². The second-order valence-corrected chi connectivity index (χ2v) is 7.90. The van der Waals surface area contributed by atoms with Gasteiger partial charge >= 0.3 is 0 Å². The van der Waals surface area contributed by atoms with Gasteiger partial charge in [0, 0.05) is 16.5 Å². The second kappa shape index (κ2) is 10.4. The average Bonchev–Trinajstić information content (AvgIpc) is 2.74. The Morgan fingerprint density at radius 2 is 1.46 bits per heavy atom. The number of para-hydroxylation sites is 1. The molecule has 0 N–H and O–H groups in total. The third-order valence-electron chi connectivity index (χ3n) is 4.19. The molecule has 0 saturated heterocycles. The van der Waals surface area contributed by atoms with Crippen LogP contribution in [-0.2, 0) is 0 Å². The van der Waals surface area contributed by atoms with Gasteiger partial charge in [-0.25, -0.2) is 0 Å². The van der Waals surface area contributed by atoms with E-state index in [1.54, 1.807) is 6.07 Å². The fourth-order valence-corrected chi connectivity index (χ4v) is 4.22. The van der Waals surface area contributed by atoms with Gasteiger partial charge in [0.05, 0.1) is 3.57 Å². The lowest BCUT2D eigenvalue weighted by atomic mass is 9.91. The van der Waals surface area contributed by atoms with E-state index in [1.807, 2.05) is 58.0 Å². The number of fused-ring (bicyclic) bond motifs is 2. The monoisotopic (exact) mass is 598 g/mol. The maximum absolute atomic E-state index is 12.1. The molecule has 0 fully saturated rings. The van der Waals surface area contributed by atoms with Crippen molar-refractivity contribution in [2.24, 2.45) is 0 Å². The van der Waals surface area contributed by atoms with Crippen molar-refractivity contribution in [3.8, 4) is 22.5 Å². The fraction of sp³-hybridized carbons (Fsp3) is 0.208. The highest BCUT2D eigenvalue weighted by Crippen LogP contribution is 2.43. The normalized spacial score (nSPS) is 10.1. The minimum Gasteiger partial charge on any atom is -0.454 e. The van der Waals surface area contributed by atoms with Crippen molar-refractivity contribution < 1.29 is 4.42 Å². The van der Waals surface area contributed by atoms with E-state index < -0.39 is 0 Å². The first-order chi connectivity index (χ1) is 13.6. The minimum absolute atomic E-state index is 0.00660. The van der Waals surface area contributed by atoms with E-state index in [-0.39, 0.29) is 5.43 Å². The summed E-state index contributed by atoms with van der Waals surface area (Å²) in [4.78, 5) is 12.1. The van der Waals surface area contributed by atoms with Crippen molar-refractivity contribution in [2.75, 3.05) is 0 Å². The summed E-state index contributed by atoms with van der Waals surface area (Å²) in [7, 11) is 0. The van der Waals surface area contributed by atoms with E-state index in [0.717, 1.165) is 25.7 Å². The van der Waals surface area contributed by atoms with E-state index in [4.69, 9.17) is 4.42 Å². The van der Waals surface area contributed by atoms with E-state index in [1.165, 1.54) is 11.1 Å². The van der Waals surface area contributed by atoms with Crippen molar-refractivity contribution in [3.63, 3.8) is 0 Å². The molecule has 4 rings (SSSR count). The van der Waals surface area contributed by atoms with Crippen LogP contribution in [0.2, 0.25) is 0 Å². The van der Waals surface area contributed by atoms with E-state index in [0.29, 0.717) is 9.33 Å². The fourth-order valence-electron chi connectivity index (χ4n) is 3.03. The van der Waals surface area contributed by atoms with Crippen molar-refractivity contribution in [3.05, 3.63) is 77.5 Å². The van der Waals surface area contributed by atoms with Crippen molar-refractivity contribution in [1.82, 2.24) is 0 Å². The number of rotatable bonds is 1. The van der Waals surface area contributed by atoms with Crippen LogP contribution < -0.4 is 5.43 Å². The summed E-state index contributed by atoms with van der Waals surface area (Å²) in [5.41, 5.74) is 5.29. The summed E-state index contributed by atoms with van der Waals surface area (Å²) >= 11 is 4.36. The Bertz CT molecular complexity index is 1110. The maximum atomic E-state index is 12.1. The van der Waals surface area contributed by atoms with Gasteiger partial charge in [-0.15, -0.1) is 0 Å². The number of benzene rings is 3. The summed E-state index contributed by atoms with van der Waals surface area (Å²) in [6, 6.07) is 18.0. The third kappa shape index (κ3) is 4.27. The van der Waals surface area contributed by atoms with Crippen LogP contribution in [-0.4, -0.2) is 0 Å². The zero-order chi connectivity index (χ0) is 20.8. The summed E-state index contributed by atoms with van der Waals surface area (Å²) in [6.07, 6.45) is 0. The molecule has 0 spiro atoms. The molecule has 2 aliphatic rings. The van der Waals surface area contributed by atoms with Gasteiger partial charge in [-0.1, -0.05) is 64.1 Å². The highest BCUT2D eigenvalue weighted by atomic mass is 127. The zero-order valence-electron chi connectivity index (χ0n) is 16.8. The molecule has 0 saturated carbocycles. The first-order valence-electron chi connectivity index (χ1n) is 9.47. The number of aryl methyl sites for hydroxylation is 1. The average molecular weight is 598 g/mol. The summed E-state index contributed by atoms with van der Waals surface area (Å²) in [5.74, 6) is 0.665. The number of hydrogen-bond donors (Lipinski definition) is 0. The van der Waals surface area contributed by atoms with Crippen LogP contribution in [0.5, 0.6) is 0 Å². The van der Waals surface area contributed by atoms with Gasteiger partial charge in [-0.3, -0.25) is 4.79 Å². The van der Waals surface area contributed by atoms with E-state index in [2.05, 4.69) is 70.3 Å². The van der Waals surface area contributed by atoms with Crippen LogP contribution in [0.1, 0.15) is 33.3 Å². The molecule has 2 aromatic carbocycles. The topological polar surface area (TPSA) is 30.2 Å². The van der Waals surface area contributed by atoms with Crippen LogP contribution in [0.3, 0.4) is 0 Å². The molecular formula is C24H24I2O2. The van der Waals surface area contributed by atoms with Crippen LogP contribution in [0.4, 0.5) is 0 Å².